The van der Waals surface area contributed by atoms with Crippen molar-refractivity contribution in [3.63, 3.8) is 0 Å². The first-order valence-electron chi connectivity index (χ1n) is 7.43. The quantitative estimate of drug-likeness (QED) is 0.744. The number of rotatable bonds is 3. The van der Waals surface area contributed by atoms with Gasteiger partial charge in [-0.15, -0.1) is 0 Å². The van der Waals surface area contributed by atoms with Crippen molar-refractivity contribution < 1.29 is 0 Å². The average Bonchev–Trinajstić information content (AvgIpc) is 2.96. The van der Waals surface area contributed by atoms with E-state index in [-0.39, 0.29) is 5.69 Å². The number of pyridine rings is 1. The molecule has 3 radical (unpaired) electrons. The smallest absolute Gasteiger partial charge is 0.312 e. The summed E-state index contributed by atoms with van der Waals surface area (Å²) in [7, 11) is 3.47. The van der Waals surface area contributed by atoms with Gasteiger partial charge in [0.1, 0.15) is 0 Å². The molecule has 3 rings (SSSR count). The molecule has 0 aliphatic rings. The molecule has 117 valence electrons. The molecule has 0 fully saturated rings. The van der Waals surface area contributed by atoms with E-state index in [1.165, 1.54) is 0 Å². The maximum atomic E-state index is 12.3. The number of nitriles is 1. The molecule has 0 saturated heterocycles. The van der Waals surface area contributed by atoms with Gasteiger partial charge in [-0.05, 0) is 43.7 Å². The van der Waals surface area contributed by atoms with Crippen LogP contribution in [0.4, 0.5) is 0 Å². The molecule has 3 aromatic rings. The number of nitrogens with zero attached hydrogens (tertiary/aromatic N) is 3. The molecule has 0 bridgehead atoms. The van der Waals surface area contributed by atoms with Gasteiger partial charge in [0.25, 0.3) is 0 Å². The highest BCUT2D eigenvalue weighted by atomic mass is 28.1. The zero-order valence-corrected chi connectivity index (χ0v) is 14.4. The highest BCUT2D eigenvalue weighted by Crippen LogP contribution is 2.24. The minimum atomic E-state index is -0.573. The summed E-state index contributed by atoms with van der Waals surface area (Å²) in [6.45, 7) is 3.72. The van der Waals surface area contributed by atoms with Crippen LogP contribution < -0.4 is 10.9 Å². The van der Waals surface area contributed by atoms with Gasteiger partial charge in [0.05, 0.1) is 38.8 Å². The van der Waals surface area contributed by atoms with E-state index < -0.39 is 5.41 Å². The van der Waals surface area contributed by atoms with Crippen molar-refractivity contribution >= 4 is 15.4 Å². The van der Waals surface area contributed by atoms with Crippen molar-refractivity contribution in [2.24, 2.45) is 0 Å². The molecule has 0 amide bonds. The highest BCUT2D eigenvalue weighted by Gasteiger charge is 2.20. The van der Waals surface area contributed by atoms with Crippen molar-refractivity contribution in [1.82, 2.24) is 14.5 Å². The minimum Gasteiger partial charge on any atom is -0.312 e. The second kappa shape index (κ2) is 5.94. The molecule has 0 atom stereocenters. The molecule has 1 N–H and O–H groups in total. The highest BCUT2D eigenvalue weighted by molar-refractivity contribution is 6.32. The first kappa shape index (κ1) is 16.0. The summed E-state index contributed by atoms with van der Waals surface area (Å²) < 4.78 is 1.57. The molecule has 6 heteroatoms. The molecule has 0 aliphatic heterocycles. The van der Waals surface area contributed by atoms with E-state index >= 15 is 0 Å². The summed E-state index contributed by atoms with van der Waals surface area (Å²) >= 11 is 0. The number of H-pyrrole nitrogens is 1. The van der Waals surface area contributed by atoms with E-state index in [0.29, 0.717) is 11.4 Å². The van der Waals surface area contributed by atoms with Gasteiger partial charge in [-0.3, -0.25) is 9.55 Å². The van der Waals surface area contributed by atoms with Crippen molar-refractivity contribution in [2.75, 3.05) is 0 Å². The van der Waals surface area contributed by atoms with Crippen LogP contribution >= 0.6 is 0 Å². The normalized spacial score (nSPS) is 11.2. The number of hydrogen-bond acceptors (Lipinski definition) is 3. The second-order valence-electron chi connectivity index (χ2n) is 6.03. The predicted octanol–water partition coefficient (Wildman–Crippen LogP) is 1.82. The summed E-state index contributed by atoms with van der Waals surface area (Å²) in [6.07, 6.45) is 3.32. The van der Waals surface area contributed by atoms with E-state index in [9.17, 15) is 10.1 Å². The molecule has 2 heterocycles. The fourth-order valence-electron chi connectivity index (χ4n) is 2.48. The van der Waals surface area contributed by atoms with Gasteiger partial charge < -0.3 is 4.98 Å². The van der Waals surface area contributed by atoms with Gasteiger partial charge in [-0.25, -0.2) is 4.79 Å². The lowest BCUT2D eigenvalue weighted by molar-refractivity contribution is 0.686. The number of imidazole rings is 1. The fourth-order valence-corrected chi connectivity index (χ4v) is 2.69. The molecule has 2 aromatic heterocycles. The van der Waals surface area contributed by atoms with Crippen molar-refractivity contribution in [3.8, 4) is 23.1 Å². The Morgan fingerprint density at radius 3 is 2.58 bits per heavy atom. The summed E-state index contributed by atoms with van der Waals surface area (Å²) in [5.41, 5.74) is 2.16. The van der Waals surface area contributed by atoms with Crippen LogP contribution in [0.25, 0.3) is 17.1 Å². The second-order valence-corrected chi connectivity index (χ2v) is 6.61. The average molecular weight is 331 g/mol. The van der Waals surface area contributed by atoms with E-state index in [2.05, 4.69) is 26.3 Å². The first-order valence-corrected chi connectivity index (χ1v) is 7.93. The number of nitrogens with one attached hydrogen (secondary N) is 1. The molecule has 5 nitrogen and oxygen atoms in total. The summed E-state index contributed by atoms with van der Waals surface area (Å²) in [5, 5.41) is 10.1. The standard InChI is InChI=1S/C18H15N4OSi/c1-18(2,11-19)12-3-5-13(6-4-12)22-16(10-21-17(22)23)15-9-14(24)7-8-20-15/h3-10H,1-2H3,(H,21,23). The third kappa shape index (κ3) is 2.82. The molecule has 0 saturated carbocycles. The molecular formula is C18H15N4OSi. The Kier molecular flexibility index (Phi) is 3.95. The Morgan fingerprint density at radius 1 is 1.25 bits per heavy atom. The Hall–Kier alpha value is -2.91. The Balaban J connectivity index is 2.10. The van der Waals surface area contributed by atoms with Gasteiger partial charge in [-0.1, -0.05) is 17.3 Å². The van der Waals surface area contributed by atoms with Gasteiger partial charge >= 0.3 is 5.69 Å². The Labute approximate surface area is 143 Å². The maximum Gasteiger partial charge on any atom is 0.330 e. The number of aromatic amines is 1. The summed E-state index contributed by atoms with van der Waals surface area (Å²) in [5.74, 6) is 0. The van der Waals surface area contributed by atoms with Crippen molar-refractivity contribution in [2.45, 2.75) is 19.3 Å². The summed E-state index contributed by atoms with van der Waals surface area (Å²) in [4.78, 5) is 19.3. The number of hydrogen-bond donors (Lipinski definition) is 1. The Morgan fingerprint density at radius 2 is 1.96 bits per heavy atom. The van der Waals surface area contributed by atoms with Gasteiger partial charge in [0.15, 0.2) is 0 Å². The Bertz CT molecular complexity index is 977. The lowest BCUT2D eigenvalue weighted by Crippen LogP contribution is -2.17. The minimum absolute atomic E-state index is 0.238. The molecule has 1 aromatic carbocycles. The van der Waals surface area contributed by atoms with Crippen LogP contribution in [0.3, 0.4) is 0 Å². The van der Waals surface area contributed by atoms with Crippen LogP contribution in [0.15, 0.2) is 53.6 Å². The van der Waals surface area contributed by atoms with E-state index in [1.54, 1.807) is 17.0 Å². The van der Waals surface area contributed by atoms with Crippen LogP contribution in [-0.2, 0) is 5.41 Å². The molecule has 0 spiro atoms. The lowest BCUT2D eigenvalue weighted by Gasteiger charge is -2.16. The third-order valence-electron chi connectivity index (χ3n) is 3.93. The molecular weight excluding hydrogens is 316 g/mol. The monoisotopic (exact) mass is 331 g/mol. The van der Waals surface area contributed by atoms with Gasteiger partial charge in [0, 0.05) is 12.4 Å². The number of aromatic nitrogens is 3. The molecule has 0 unspecified atom stereocenters. The number of benzene rings is 1. The van der Waals surface area contributed by atoms with Crippen LogP contribution in [-0.4, -0.2) is 24.8 Å². The topological polar surface area (TPSA) is 74.5 Å². The van der Waals surface area contributed by atoms with E-state index in [4.69, 9.17) is 0 Å². The fraction of sp³-hybridized carbons (Fsp3) is 0.167. The van der Waals surface area contributed by atoms with Crippen LogP contribution in [0.2, 0.25) is 0 Å². The summed E-state index contributed by atoms with van der Waals surface area (Å²) in [6, 6.07) is 13.4. The van der Waals surface area contributed by atoms with E-state index in [0.717, 1.165) is 16.4 Å². The molecule has 0 aliphatic carbocycles. The van der Waals surface area contributed by atoms with Crippen LogP contribution in [0.1, 0.15) is 19.4 Å². The van der Waals surface area contributed by atoms with Gasteiger partial charge in [0.2, 0.25) is 0 Å². The van der Waals surface area contributed by atoms with Gasteiger partial charge in [-0.2, -0.15) is 5.26 Å². The maximum absolute atomic E-state index is 12.3. The van der Waals surface area contributed by atoms with Crippen LogP contribution in [0, 0.1) is 11.3 Å². The zero-order chi connectivity index (χ0) is 17.3. The van der Waals surface area contributed by atoms with Crippen molar-refractivity contribution in [3.05, 3.63) is 64.8 Å². The zero-order valence-electron chi connectivity index (χ0n) is 13.4. The first-order chi connectivity index (χ1) is 11.4. The van der Waals surface area contributed by atoms with Crippen LogP contribution in [0.5, 0.6) is 0 Å². The lowest BCUT2D eigenvalue weighted by atomic mass is 9.86. The third-order valence-corrected chi connectivity index (χ3v) is 4.24. The van der Waals surface area contributed by atoms with E-state index in [1.807, 2.05) is 50.2 Å². The molecule has 24 heavy (non-hydrogen) atoms. The largest absolute Gasteiger partial charge is 0.330 e. The predicted molar refractivity (Wildman–Crippen MR) is 93.6 cm³/mol. The SMILES string of the molecule is CC(C)(C#N)c1ccc(-n2c(-c3cc([Si])ccn3)c[nH]c2=O)cc1. The van der Waals surface area contributed by atoms with Crippen molar-refractivity contribution in [1.29, 1.82) is 5.26 Å².